The highest BCUT2D eigenvalue weighted by molar-refractivity contribution is 5.94. The zero-order chi connectivity index (χ0) is 17.8. The van der Waals surface area contributed by atoms with E-state index in [1.165, 1.54) is 0 Å². The highest BCUT2D eigenvalue weighted by atomic mass is 16.5. The summed E-state index contributed by atoms with van der Waals surface area (Å²) in [6.45, 7) is 1.34. The third kappa shape index (κ3) is 3.90. The first-order valence-corrected chi connectivity index (χ1v) is 8.12. The average molecular weight is 342 g/mol. The number of nitrogens with zero attached hydrogens (tertiary/aromatic N) is 3. The molecular weight excluding hydrogens is 320 g/mol. The lowest BCUT2D eigenvalue weighted by Gasteiger charge is -2.22. The van der Waals surface area contributed by atoms with Crippen LogP contribution in [0.15, 0.2) is 35.5 Å². The molecular formula is C17H22N6O2. The van der Waals surface area contributed by atoms with Gasteiger partial charge >= 0.3 is 0 Å². The summed E-state index contributed by atoms with van der Waals surface area (Å²) in [7, 11) is 1.62. The molecule has 0 saturated carbocycles. The van der Waals surface area contributed by atoms with Gasteiger partial charge in [-0.25, -0.2) is 0 Å². The van der Waals surface area contributed by atoms with Gasteiger partial charge in [-0.1, -0.05) is 0 Å². The SMILES string of the molecule is COc1ccc(NC(N)=NCC2CCn3ncc(C(N)=O)c3C2)cc1. The monoisotopic (exact) mass is 342 g/mol. The van der Waals surface area contributed by atoms with E-state index in [4.69, 9.17) is 16.2 Å². The molecule has 2 aromatic rings. The number of ether oxygens (including phenoxy) is 1. The van der Waals surface area contributed by atoms with Crippen molar-refractivity contribution in [3.05, 3.63) is 41.7 Å². The van der Waals surface area contributed by atoms with Crippen molar-refractivity contribution in [1.29, 1.82) is 0 Å². The zero-order valence-electron chi connectivity index (χ0n) is 14.1. The second-order valence-corrected chi connectivity index (χ2v) is 6.03. The third-order valence-electron chi connectivity index (χ3n) is 4.33. The van der Waals surface area contributed by atoms with Crippen LogP contribution in [0.3, 0.4) is 0 Å². The predicted octanol–water partition coefficient (Wildman–Crippen LogP) is 0.980. The van der Waals surface area contributed by atoms with Gasteiger partial charge in [0.2, 0.25) is 0 Å². The highest BCUT2D eigenvalue weighted by Gasteiger charge is 2.24. The van der Waals surface area contributed by atoms with E-state index in [0.29, 0.717) is 24.0 Å². The number of aromatic nitrogens is 2. The van der Waals surface area contributed by atoms with Gasteiger partial charge in [-0.15, -0.1) is 0 Å². The summed E-state index contributed by atoms with van der Waals surface area (Å²) in [5, 5.41) is 7.27. The number of guanidine groups is 1. The molecule has 0 saturated heterocycles. The molecule has 1 aromatic carbocycles. The summed E-state index contributed by atoms with van der Waals surface area (Å²) in [5.74, 6) is 1.01. The van der Waals surface area contributed by atoms with Crippen LogP contribution in [0.25, 0.3) is 0 Å². The van der Waals surface area contributed by atoms with E-state index in [0.717, 1.165) is 36.5 Å². The predicted molar refractivity (Wildman–Crippen MR) is 95.7 cm³/mol. The van der Waals surface area contributed by atoms with Crippen molar-refractivity contribution in [2.45, 2.75) is 19.4 Å². The van der Waals surface area contributed by atoms with Crippen molar-refractivity contribution < 1.29 is 9.53 Å². The van der Waals surface area contributed by atoms with Gasteiger partial charge in [0.15, 0.2) is 5.96 Å². The minimum absolute atomic E-state index is 0.304. The lowest BCUT2D eigenvalue weighted by molar-refractivity contribution is 0.0998. The summed E-state index contributed by atoms with van der Waals surface area (Å²) >= 11 is 0. The van der Waals surface area contributed by atoms with Gasteiger partial charge in [0.1, 0.15) is 5.75 Å². The van der Waals surface area contributed by atoms with Crippen LogP contribution in [-0.4, -0.2) is 35.3 Å². The van der Waals surface area contributed by atoms with E-state index >= 15 is 0 Å². The van der Waals surface area contributed by atoms with Crippen molar-refractivity contribution >= 4 is 17.6 Å². The molecule has 1 unspecified atom stereocenters. The Morgan fingerprint density at radius 2 is 2.16 bits per heavy atom. The van der Waals surface area contributed by atoms with Gasteiger partial charge < -0.3 is 21.5 Å². The second kappa shape index (κ2) is 7.25. The van der Waals surface area contributed by atoms with Crippen molar-refractivity contribution in [2.24, 2.45) is 22.4 Å². The minimum Gasteiger partial charge on any atom is -0.497 e. The van der Waals surface area contributed by atoms with Crippen molar-refractivity contribution in [3.63, 3.8) is 0 Å². The van der Waals surface area contributed by atoms with Gasteiger partial charge in [-0.05, 0) is 43.0 Å². The Bertz CT molecular complexity index is 781. The lowest BCUT2D eigenvalue weighted by Crippen LogP contribution is -2.27. The highest BCUT2D eigenvalue weighted by Crippen LogP contribution is 2.23. The number of methoxy groups -OCH3 is 1. The largest absolute Gasteiger partial charge is 0.497 e. The molecule has 2 heterocycles. The fourth-order valence-electron chi connectivity index (χ4n) is 2.95. The molecule has 5 N–H and O–H groups in total. The zero-order valence-corrected chi connectivity index (χ0v) is 14.1. The van der Waals surface area contributed by atoms with E-state index in [9.17, 15) is 4.79 Å². The molecule has 0 fully saturated rings. The van der Waals surface area contributed by atoms with Crippen LogP contribution in [0, 0.1) is 5.92 Å². The third-order valence-corrected chi connectivity index (χ3v) is 4.33. The average Bonchev–Trinajstić information content (AvgIpc) is 3.04. The number of amides is 1. The van der Waals surface area contributed by atoms with Crippen LogP contribution in [0.5, 0.6) is 5.75 Å². The Labute approximate surface area is 145 Å². The molecule has 0 bridgehead atoms. The van der Waals surface area contributed by atoms with Crippen LogP contribution in [0.1, 0.15) is 22.5 Å². The maximum absolute atomic E-state index is 11.5. The Morgan fingerprint density at radius 3 is 2.84 bits per heavy atom. The molecule has 1 aromatic heterocycles. The molecule has 0 radical (unpaired) electrons. The van der Waals surface area contributed by atoms with Crippen LogP contribution in [0.2, 0.25) is 0 Å². The number of rotatable bonds is 5. The second-order valence-electron chi connectivity index (χ2n) is 6.03. The fraction of sp³-hybridized carbons (Fsp3) is 0.353. The normalized spacial score (nSPS) is 17.0. The molecule has 1 amide bonds. The molecule has 132 valence electrons. The Kier molecular flexibility index (Phi) is 4.87. The summed E-state index contributed by atoms with van der Waals surface area (Å²) in [4.78, 5) is 15.9. The van der Waals surface area contributed by atoms with Crippen LogP contribution >= 0.6 is 0 Å². The molecule has 8 heteroatoms. The molecule has 0 aliphatic carbocycles. The number of anilines is 1. The number of hydrogen-bond donors (Lipinski definition) is 3. The number of carbonyl (C=O) groups is 1. The quantitative estimate of drug-likeness (QED) is 0.552. The maximum atomic E-state index is 11.5. The number of aliphatic imine (C=N–C) groups is 1. The Morgan fingerprint density at radius 1 is 1.40 bits per heavy atom. The molecule has 1 aliphatic rings. The Hall–Kier alpha value is -3.03. The van der Waals surface area contributed by atoms with Gasteiger partial charge in [0.05, 0.1) is 24.6 Å². The lowest BCUT2D eigenvalue weighted by atomic mass is 9.94. The molecule has 0 spiro atoms. The number of nitrogens with one attached hydrogen (secondary N) is 1. The van der Waals surface area contributed by atoms with Crippen LogP contribution < -0.4 is 21.5 Å². The fourth-order valence-corrected chi connectivity index (χ4v) is 2.95. The topological polar surface area (TPSA) is 121 Å². The number of aryl methyl sites for hydroxylation is 1. The summed E-state index contributed by atoms with van der Waals surface area (Å²) in [6.07, 6.45) is 3.20. The smallest absolute Gasteiger partial charge is 0.252 e. The van der Waals surface area contributed by atoms with E-state index < -0.39 is 5.91 Å². The van der Waals surface area contributed by atoms with E-state index in [2.05, 4.69) is 15.4 Å². The van der Waals surface area contributed by atoms with E-state index in [1.807, 2.05) is 28.9 Å². The molecule has 1 atom stereocenters. The van der Waals surface area contributed by atoms with Gasteiger partial charge in [0.25, 0.3) is 5.91 Å². The van der Waals surface area contributed by atoms with Crippen LogP contribution in [0.4, 0.5) is 5.69 Å². The number of hydrogen-bond acceptors (Lipinski definition) is 4. The number of benzene rings is 1. The van der Waals surface area contributed by atoms with Gasteiger partial charge in [-0.3, -0.25) is 14.5 Å². The summed E-state index contributed by atoms with van der Waals surface area (Å²) in [5.41, 5.74) is 13.6. The first-order valence-electron chi connectivity index (χ1n) is 8.12. The van der Waals surface area contributed by atoms with Crippen molar-refractivity contribution in [1.82, 2.24) is 9.78 Å². The number of fused-ring (bicyclic) bond motifs is 1. The number of primary amides is 1. The van der Waals surface area contributed by atoms with Crippen molar-refractivity contribution in [2.75, 3.05) is 19.0 Å². The molecule has 25 heavy (non-hydrogen) atoms. The number of nitrogens with two attached hydrogens (primary N) is 2. The first-order chi connectivity index (χ1) is 12.1. The first kappa shape index (κ1) is 16.8. The van der Waals surface area contributed by atoms with Gasteiger partial charge in [0, 0.05) is 18.8 Å². The van der Waals surface area contributed by atoms with Gasteiger partial charge in [-0.2, -0.15) is 5.10 Å². The van der Waals surface area contributed by atoms with Crippen molar-refractivity contribution in [3.8, 4) is 5.75 Å². The Balaban J connectivity index is 1.59. The number of carbonyl (C=O) groups excluding carboxylic acids is 1. The summed E-state index contributed by atoms with van der Waals surface area (Å²) < 4.78 is 6.97. The molecule has 3 rings (SSSR count). The van der Waals surface area contributed by atoms with E-state index in [-0.39, 0.29) is 0 Å². The summed E-state index contributed by atoms with van der Waals surface area (Å²) in [6, 6.07) is 7.45. The molecule has 1 aliphatic heterocycles. The minimum atomic E-state index is -0.439. The van der Waals surface area contributed by atoms with Crippen LogP contribution in [-0.2, 0) is 13.0 Å². The maximum Gasteiger partial charge on any atom is 0.252 e. The molecule has 8 nitrogen and oxygen atoms in total. The standard InChI is InChI=1S/C17H22N6O2/c1-25-13-4-2-12(3-5-13)22-17(19)20-9-11-6-7-23-15(8-11)14(10-21-23)16(18)24/h2-5,10-11H,6-9H2,1H3,(H2,18,24)(H3,19,20,22). The van der Waals surface area contributed by atoms with E-state index in [1.54, 1.807) is 13.3 Å².